The smallest absolute Gasteiger partial charge is 0.145 e. The van der Waals surface area contributed by atoms with Crippen LogP contribution < -0.4 is 4.74 Å². The lowest BCUT2D eigenvalue weighted by molar-refractivity contribution is 0.419. The van der Waals surface area contributed by atoms with Gasteiger partial charge in [-0.05, 0) is 24.1 Å². The van der Waals surface area contributed by atoms with Crippen molar-refractivity contribution in [3.8, 4) is 5.75 Å². The van der Waals surface area contributed by atoms with Crippen LogP contribution in [0.4, 0.5) is 0 Å². The molecule has 0 amide bonds. The number of hydrogen-bond acceptors (Lipinski definition) is 2. The number of aryl methyl sites for hydroxylation is 1. The van der Waals surface area contributed by atoms with Gasteiger partial charge in [0, 0.05) is 11.6 Å². The molecule has 0 aliphatic carbocycles. The zero-order valence-electron chi connectivity index (χ0n) is 8.45. The van der Waals surface area contributed by atoms with Gasteiger partial charge in [0.1, 0.15) is 11.3 Å². The molecule has 0 saturated heterocycles. The van der Waals surface area contributed by atoms with Crippen molar-refractivity contribution in [2.45, 2.75) is 13.3 Å². The van der Waals surface area contributed by atoms with Crippen LogP contribution in [0.1, 0.15) is 12.5 Å². The highest BCUT2D eigenvalue weighted by Gasteiger charge is 2.04. The zero-order valence-corrected chi connectivity index (χ0v) is 8.45. The van der Waals surface area contributed by atoms with Crippen LogP contribution in [0, 0.1) is 0 Å². The van der Waals surface area contributed by atoms with Crippen molar-refractivity contribution >= 4 is 10.9 Å². The molecule has 2 heteroatoms. The summed E-state index contributed by atoms with van der Waals surface area (Å²) in [7, 11) is 1.68. The number of fused-ring (bicyclic) bond motifs is 1. The van der Waals surface area contributed by atoms with Crippen molar-refractivity contribution in [1.82, 2.24) is 4.98 Å². The van der Waals surface area contributed by atoms with Gasteiger partial charge < -0.3 is 4.74 Å². The second-order valence-corrected chi connectivity index (χ2v) is 3.18. The van der Waals surface area contributed by atoms with E-state index in [0.717, 1.165) is 17.7 Å². The summed E-state index contributed by atoms with van der Waals surface area (Å²) in [6.07, 6.45) is 2.86. The SMILES string of the molecule is CCc1ccnc2c(OC)cccc12. The highest BCUT2D eigenvalue weighted by Crippen LogP contribution is 2.25. The maximum atomic E-state index is 5.26. The van der Waals surface area contributed by atoms with E-state index in [2.05, 4.69) is 24.0 Å². The molecule has 0 unspecified atom stereocenters. The van der Waals surface area contributed by atoms with Crippen LogP contribution in [0.5, 0.6) is 5.75 Å². The summed E-state index contributed by atoms with van der Waals surface area (Å²) in [6.45, 7) is 2.15. The Balaban J connectivity index is 2.77. The molecule has 1 heterocycles. The monoisotopic (exact) mass is 187 g/mol. The summed E-state index contributed by atoms with van der Waals surface area (Å²) in [5.74, 6) is 0.845. The van der Waals surface area contributed by atoms with Gasteiger partial charge in [-0.15, -0.1) is 0 Å². The first-order valence-corrected chi connectivity index (χ1v) is 4.77. The van der Waals surface area contributed by atoms with Gasteiger partial charge >= 0.3 is 0 Å². The fourth-order valence-electron chi connectivity index (χ4n) is 1.68. The van der Waals surface area contributed by atoms with Crippen molar-refractivity contribution in [1.29, 1.82) is 0 Å². The summed E-state index contributed by atoms with van der Waals surface area (Å²) in [5.41, 5.74) is 2.27. The Bertz CT molecular complexity index is 408. The van der Waals surface area contributed by atoms with Crippen LogP contribution >= 0.6 is 0 Å². The van der Waals surface area contributed by atoms with Gasteiger partial charge in [-0.2, -0.15) is 0 Å². The van der Waals surface area contributed by atoms with E-state index < -0.39 is 0 Å². The number of para-hydroxylation sites is 1. The fraction of sp³-hybridized carbons (Fsp3) is 0.250. The average molecular weight is 187 g/mol. The Hall–Kier alpha value is -1.57. The molecule has 2 aromatic rings. The molecule has 0 aliphatic heterocycles. The number of hydrogen-bond donors (Lipinski definition) is 0. The number of nitrogens with zero attached hydrogens (tertiary/aromatic N) is 1. The van der Waals surface area contributed by atoms with E-state index in [-0.39, 0.29) is 0 Å². The molecular formula is C12H13NO. The normalized spacial score (nSPS) is 10.4. The van der Waals surface area contributed by atoms with Crippen molar-refractivity contribution in [3.05, 3.63) is 36.0 Å². The van der Waals surface area contributed by atoms with E-state index in [1.54, 1.807) is 7.11 Å². The van der Waals surface area contributed by atoms with E-state index in [1.165, 1.54) is 10.9 Å². The van der Waals surface area contributed by atoms with Crippen molar-refractivity contribution in [2.75, 3.05) is 7.11 Å². The molecule has 0 N–H and O–H groups in total. The second-order valence-electron chi connectivity index (χ2n) is 3.18. The van der Waals surface area contributed by atoms with Crippen LogP contribution in [0.15, 0.2) is 30.5 Å². The zero-order chi connectivity index (χ0) is 9.97. The van der Waals surface area contributed by atoms with E-state index in [9.17, 15) is 0 Å². The second kappa shape index (κ2) is 3.66. The van der Waals surface area contributed by atoms with Gasteiger partial charge in [0.15, 0.2) is 0 Å². The first-order valence-electron chi connectivity index (χ1n) is 4.77. The standard InChI is InChI=1S/C12H13NO/c1-3-9-7-8-13-12-10(9)5-4-6-11(12)14-2/h4-8H,3H2,1-2H3. The number of rotatable bonds is 2. The maximum absolute atomic E-state index is 5.26. The predicted molar refractivity (Wildman–Crippen MR) is 57.7 cm³/mol. The molecule has 1 aromatic heterocycles. The molecular weight excluding hydrogens is 174 g/mol. The van der Waals surface area contributed by atoms with Gasteiger partial charge in [0.25, 0.3) is 0 Å². The quantitative estimate of drug-likeness (QED) is 0.721. The van der Waals surface area contributed by atoms with Gasteiger partial charge in [-0.3, -0.25) is 4.98 Å². The van der Waals surface area contributed by atoms with Crippen LogP contribution in [0.2, 0.25) is 0 Å². The third kappa shape index (κ3) is 1.33. The van der Waals surface area contributed by atoms with Crippen LogP contribution in [0.3, 0.4) is 0 Å². The molecule has 0 fully saturated rings. The molecule has 0 radical (unpaired) electrons. The van der Waals surface area contributed by atoms with Crippen molar-refractivity contribution in [2.24, 2.45) is 0 Å². The minimum absolute atomic E-state index is 0.845. The van der Waals surface area contributed by atoms with E-state index in [4.69, 9.17) is 4.74 Å². The Morgan fingerprint density at radius 1 is 1.29 bits per heavy atom. The highest BCUT2D eigenvalue weighted by molar-refractivity contribution is 5.87. The minimum Gasteiger partial charge on any atom is -0.494 e. The van der Waals surface area contributed by atoms with Crippen LogP contribution in [-0.4, -0.2) is 12.1 Å². The molecule has 0 saturated carbocycles. The number of aromatic nitrogens is 1. The lowest BCUT2D eigenvalue weighted by atomic mass is 10.1. The number of methoxy groups -OCH3 is 1. The molecule has 2 rings (SSSR count). The Morgan fingerprint density at radius 2 is 2.14 bits per heavy atom. The largest absolute Gasteiger partial charge is 0.494 e. The summed E-state index contributed by atoms with van der Waals surface area (Å²) in [6, 6.07) is 8.09. The molecule has 0 spiro atoms. The summed E-state index contributed by atoms with van der Waals surface area (Å²) in [5, 5.41) is 1.19. The summed E-state index contributed by atoms with van der Waals surface area (Å²) >= 11 is 0. The lowest BCUT2D eigenvalue weighted by Gasteiger charge is -2.06. The predicted octanol–water partition coefficient (Wildman–Crippen LogP) is 2.81. The molecule has 2 nitrogen and oxygen atoms in total. The number of pyridine rings is 1. The van der Waals surface area contributed by atoms with Gasteiger partial charge in [0.2, 0.25) is 0 Å². The third-order valence-electron chi connectivity index (χ3n) is 2.43. The number of benzene rings is 1. The molecule has 72 valence electrons. The molecule has 0 bridgehead atoms. The topological polar surface area (TPSA) is 22.1 Å². The molecule has 14 heavy (non-hydrogen) atoms. The van der Waals surface area contributed by atoms with Crippen molar-refractivity contribution in [3.63, 3.8) is 0 Å². The lowest BCUT2D eigenvalue weighted by Crippen LogP contribution is -1.90. The maximum Gasteiger partial charge on any atom is 0.145 e. The van der Waals surface area contributed by atoms with Gasteiger partial charge in [-0.1, -0.05) is 19.1 Å². The highest BCUT2D eigenvalue weighted by atomic mass is 16.5. The molecule has 1 aromatic carbocycles. The van der Waals surface area contributed by atoms with E-state index in [1.807, 2.05) is 18.3 Å². The van der Waals surface area contributed by atoms with Crippen LogP contribution in [-0.2, 0) is 6.42 Å². The number of ether oxygens (including phenoxy) is 1. The van der Waals surface area contributed by atoms with Gasteiger partial charge in [0.05, 0.1) is 7.11 Å². The summed E-state index contributed by atoms with van der Waals surface area (Å²) in [4.78, 5) is 4.34. The minimum atomic E-state index is 0.845. The first kappa shape index (κ1) is 9.00. The van der Waals surface area contributed by atoms with Gasteiger partial charge in [-0.25, -0.2) is 0 Å². The average Bonchev–Trinajstić information content (AvgIpc) is 2.27. The van der Waals surface area contributed by atoms with E-state index >= 15 is 0 Å². The Morgan fingerprint density at radius 3 is 2.86 bits per heavy atom. The molecule has 0 aliphatic rings. The first-order chi connectivity index (χ1) is 6.86. The molecule has 0 atom stereocenters. The Kier molecular flexibility index (Phi) is 2.35. The Labute approximate surface area is 83.5 Å². The van der Waals surface area contributed by atoms with Crippen molar-refractivity contribution < 1.29 is 4.74 Å². The summed E-state index contributed by atoms with van der Waals surface area (Å²) < 4.78 is 5.26. The third-order valence-corrected chi connectivity index (χ3v) is 2.43. The van der Waals surface area contributed by atoms with E-state index in [0.29, 0.717) is 0 Å². The van der Waals surface area contributed by atoms with Crippen LogP contribution in [0.25, 0.3) is 10.9 Å². The fourth-order valence-corrected chi connectivity index (χ4v) is 1.68.